The maximum Gasteiger partial charge on any atom is 0.263 e. The molecule has 0 aliphatic carbocycles. The molecule has 0 bridgehead atoms. The summed E-state index contributed by atoms with van der Waals surface area (Å²) in [4.78, 5) is 21.0. The molecule has 0 radical (unpaired) electrons. The Kier molecular flexibility index (Phi) is 4.98. The number of pyridine rings is 1. The monoisotopic (exact) mass is 430 g/mol. The van der Waals surface area contributed by atoms with E-state index < -0.39 is 6.43 Å². The lowest BCUT2D eigenvalue weighted by atomic mass is 10.1. The minimum absolute atomic E-state index is 0. The molecule has 1 aliphatic heterocycles. The smallest absolute Gasteiger partial charge is 0.263 e. The van der Waals surface area contributed by atoms with Crippen LogP contribution in [0.3, 0.4) is 0 Å². The van der Waals surface area contributed by atoms with Crippen molar-refractivity contribution in [2.24, 2.45) is 0 Å². The minimum Gasteiger partial charge on any atom is -0.308 e. The number of fused-ring (bicyclic) bond motifs is 5. The first-order valence-corrected chi connectivity index (χ1v) is 9.06. The van der Waals surface area contributed by atoms with Crippen molar-refractivity contribution in [2.45, 2.75) is 26.4 Å². The summed E-state index contributed by atoms with van der Waals surface area (Å²) in [5, 5.41) is 4.56. The van der Waals surface area contributed by atoms with Crippen molar-refractivity contribution >= 4 is 12.4 Å². The Morgan fingerprint density at radius 3 is 2.80 bits per heavy atom. The molecular formula is C20H17ClF2N6O. The third kappa shape index (κ3) is 3.21. The van der Waals surface area contributed by atoms with Gasteiger partial charge in [-0.1, -0.05) is 12.1 Å². The Morgan fingerprint density at radius 1 is 1.20 bits per heavy atom. The van der Waals surface area contributed by atoms with Crippen LogP contribution in [0.1, 0.15) is 29.2 Å². The lowest BCUT2D eigenvalue weighted by Gasteiger charge is -2.10. The number of nitrogens with zero attached hydrogens (tertiary/aromatic N) is 6. The van der Waals surface area contributed by atoms with Crippen LogP contribution >= 0.6 is 12.4 Å². The lowest BCUT2D eigenvalue weighted by molar-refractivity contribution is 0.151. The zero-order valence-electron chi connectivity index (χ0n) is 15.9. The normalized spacial score (nSPS) is 12.0. The summed E-state index contributed by atoms with van der Waals surface area (Å²) in [6, 6.07) is 9.41. The fourth-order valence-corrected chi connectivity index (χ4v) is 3.59. The fourth-order valence-electron chi connectivity index (χ4n) is 3.59. The summed E-state index contributed by atoms with van der Waals surface area (Å²) in [5.41, 5.74) is 2.77. The van der Waals surface area contributed by atoms with Gasteiger partial charge in [0, 0.05) is 23.4 Å². The van der Waals surface area contributed by atoms with Gasteiger partial charge >= 0.3 is 0 Å². The predicted octanol–water partition coefficient (Wildman–Crippen LogP) is 3.37. The van der Waals surface area contributed by atoms with Crippen LogP contribution in [0.5, 0.6) is 0 Å². The molecule has 5 rings (SSSR count). The molecule has 7 nitrogen and oxygen atoms in total. The van der Waals surface area contributed by atoms with Gasteiger partial charge in [0.25, 0.3) is 12.0 Å². The zero-order valence-corrected chi connectivity index (χ0v) is 16.7. The maximum atomic E-state index is 13.4. The van der Waals surface area contributed by atoms with Crippen molar-refractivity contribution in [3.05, 3.63) is 82.1 Å². The van der Waals surface area contributed by atoms with Crippen LogP contribution in [-0.4, -0.2) is 28.9 Å². The van der Waals surface area contributed by atoms with Gasteiger partial charge < -0.3 is 9.13 Å². The molecule has 30 heavy (non-hydrogen) atoms. The number of hydrogen-bond acceptors (Lipinski definition) is 4. The number of imidazole rings is 1. The Labute approximate surface area is 176 Å². The van der Waals surface area contributed by atoms with E-state index in [4.69, 9.17) is 0 Å². The molecule has 0 fully saturated rings. The molecular weight excluding hydrogens is 414 g/mol. The van der Waals surface area contributed by atoms with Gasteiger partial charge in [-0.2, -0.15) is 5.10 Å². The molecule has 1 aromatic carbocycles. The largest absolute Gasteiger partial charge is 0.308 e. The average molecular weight is 431 g/mol. The van der Waals surface area contributed by atoms with E-state index in [1.165, 1.54) is 22.8 Å². The highest BCUT2D eigenvalue weighted by Gasteiger charge is 2.25. The molecule has 154 valence electrons. The first kappa shape index (κ1) is 20.0. The number of benzene rings is 1. The number of aryl methyl sites for hydroxylation is 1. The van der Waals surface area contributed by atoms with Crippen molar-refractivity contribution in [3.8, 4) is 17.1 Å². The van der Waals surface area contributed by atoms with Gasteiger partial charge in [0.15, 0.2) is 11.6 Å². The van der Waals surface area contributed by atoms with E-state index in [-0.39, 0.29) is 30.1 Å². The molecule has 4 heterocycles. The summed E-state index contributed by atoms with van der Waals surface area (Å²) in [5.74, 6) is 0.928. The van der Waals surface area contributed by atoms with Crippen molar-refractivity contribution in [1.82, 2.24) is 28.9 Å². The minimum atomic E-state index is -2.59. The molecule has 0 saturated carbocycles. The van der Waals surface area contributed by atoms with E-state index in [0.29, 0.717) is 23.8 Å². The van der Waals surface area contributed by atoms with Crippen molar-refractivity contribution in [3.63, 3.8) is 0 Å². The molecule has 4 aromatic rings. The lowest BCUT2D eigenvalue weighted by Crippen LogP contribution is -2.19. The summed E-state index contributed by atoms with van der Waals surface area (Å²) in [6.07, 6.45) is 0.755. The second-order valence-electron chi connectivity index (χ2n) is 6.90. The van der Waals surface area contributed by atoms with Crippen LogP contribution in [0.4, 0.5) is 8.78 Å². The molecule has 0 atom stereocenters. The molecule has 10 heteroatoms. The van der Waals surface area contributed by atoms with E-state index in [0.717, 1.165) is 17.1 Å². The third-order valence-electron chi connectivity index (χ3n) is 5.07. The van der Waals surface area contributed by atoms with Crippen molar-refractivity contribution in [1.29, 1.82) is 0 Å². The van der Waals surface area contributed by atoms with Crippen LogP contribution in [0.2, 0.25) is 0 Å². The van der Waals surface area contributed by atoms with Gasteiger partial charge in [-0.15, -0.1) is 12.4 Å². The third-order valence-corrected chi connectivity index (χ3v) is 5.07. The van der Waals surface area contributed by atoms with E-state index in [1.54, 1.807) is 35.4 Å². The van der Waals surface area contributed by atoms with Crippen LogP contribution < -0.4 is 5.56 Å². The first-order valence-electron chi connectivity index (χ1n) is 9.06. The van der Waals surface area contributed by atoms with E-state index in [1.807, 2.05) is 11.5 Å². The topological polar surface area (TPSA) is 70.5 Å². The SMILES string of the molecule is Cc1ncn2c1Cn1nc(Cn3ccccc3=O)nc1-c1cc(C(F)F)ccc1-2.Cl. The summed E-state index contributed by atoms with van der Waals surface area (Å²) >= 11 is 0. The Balaban J connectivity index is 0.00000218. The molecule has 1 aliphatic rings. The standard InChI is InChI=1S/C20H16F2N6O.ClH/c1-12-16-9-28-20(24-17(25-28)10-26-7-3-2-4-18(26)29)14-8-13(19(21)22)5-6-15(14)27(16)11-23-12;/h2-8,11,19H,9-10H2,1H3;1H. The van der Waals surface area contributed by atoms with Crippen LogP contribution in [-0.2, 0) is 13.1 Å². The molecule has 0 unspecified atom stereocenters. The van der Waals surface area contributed by atoms with E-state index >= 15 is 0 Å². The fraction of sp³-hybridized carbons (Fsp3) is 0.200. The summed E-state index contributed by atoms with van der Waals surface area (Å²) in [6.45, 7) is 2.49. The van der Waals surface area contributed by atoms with Gasteiger partial charge in [0.2, 0.25) is 0 Å². The molecule has 0 spiro atoms. The van der Waals surface area contributed by atoms with Gasteiger partial charge in [0.05, 0.1) is 36.5 Å². The number of aromatic nitrogens is 6. The first-order chi connectivity index (χ1) is 14.0. The highest BCUT2D eigenvalue weighted by atomic mass is 35.5. The second kappa shape index (κ2) is 7.49. The number of halogens is 3. The van der Waals surface area contributed by atoms with Gasteiger partial charge in [0.1, 0.15) is 0 Å². The van der Waals surface area contributed by atoms with Gasteiger partial charge in [-0.25, -0.2) is 23.4 Å². The highest BCUT2D eigenvalue weighted by Crippen LogP contribution is 2.34. The molecule has 0 saturated heterocycles. The predicted molar refractivity (Wildman–Crippen MR) is 108 cm³/mol. The van der Waals surface area contributed by atoms with Gasteiger partial charge in [-0.05, 0) is 25.1 Å². The number of rotatable bonds is 3. The second-order valence-corrected chi connectivity index (χ2v) is 6.90. The van der Waals surface area contributed by atoms with Crippen molar-refractivity contribution in [2.75, 3.05) is 0 Å². The summed E-state index contributed by atoms with van der Waals surface area (Å²) < 4.78 is 31.8. The van der Waals surface area contributed by atoms with E-state index in [2.05, 4.69) is 15.1 Å². The highest BCUT2D eigenvalue weighted by molar-refractivity contribution is 5.85. The Morgan fingerprint density at radius 2 is 2.03 bits per heavy atom. The zero-order chi connectivity index (χ0) is 20.1. The Hall–Kier alpha value is -3.33. The van der Waals surface area contributed by atoms with Crippen LogP contribution in [0, 0.1) is 6.92 Å². The number of hydrogen-bond donors (Lipinski definition) is 0. The molecule has 0 amide bonds. The molecule has 0 N–H and O–H groups in total. The quantitative estimate of drug-likeness (QED) is 0.440. The van der Waals surface area contributed by atoms with Gasteiger partial charge in [-0.3, -0.25) is 4.79 Å². The maximum absolute atomic E-state index is 13.4. The van der Waals surface area contributed by atoms with Crippen LogP contribution in [0.25, 0.3) is 17.1 Å². The number of alkyl halides is 2. The average Bonchev–Trinajstić information content (AvgIpc) is 3.24. The Bertz CT molecular complexity index is 1290. The van der Waals surface area contributed by atoms with E-state index in [9.17, 15) is 13.6 Å². The molecule has 3 aromatic heterocycles. The summed E-state index contributed by atoms with van der Waals surface area (Å²) in [7, 11) is 0. The van der Waals surface area contributed by atoms with Crippen LogP contribution in [0.15, 0.2) is 53.7 Å². The van der Waals surface area contributed by atoms with Crippen molar-refractivity contribution < 1.29 is 8.78 Å².